The lowest BCUT2D eigenvalue weighted by Gasteiger charge is -2.24. The molecule has 0 radical (unpaired) electrons. The van der Waals surface area contributed by atoms with Gasteiger partial charge in [-0.2, -0.15) is 0 Å². The smallest absolute Gasteiger partial charge is 0.0236 e. The van der Waals surface area contributed by atoms with Gasteiger partial charge in [0.25, 0.3) is 0 Å². The summed E-state index contributed by atoms with van der Waals surface area (Å²) in [5, 5.41) is 1.10. The summed E-state index contributed by atoms with van der Waals surface area (Å²) in [6.45, 7) is 4.64. The van der Waals surface area contributed by atoms with Gasteiger partial charge in [-0.3, -0.25) is 4.90 Å². The highest BCUT2D eigenvalue weighted by Gasteiger charge is 2.29. The average molecular weight is 282 g/mol. The van der Waals surface area contributed by atoms with Crippen LogP contribution in [0.1, 0.15) is 25.3 Å². The highest BCUT2D eigenvalue weighted by molar-refractivity contribution is 9.09. The second-order valence-corrected chi connectivity index (χ2v) is 5.55. The molecule has 1 fully saturated rings. The van der Waals surface area contributed by atoms with Crippen molar-refractivity contribution in [1.29, 1.82) is 0 Å². The van der Waals surface area contributed by atoms with Gasteiger partial charge in [-0.05, 0) is 24.3 Å². The molecule has 0 amide bonds. The zero-order valence-electron chi connectivity index (χ0n) is 9.90. The van der Waals surface area contributed by atoms with Crippen LogP contribution in [-0.4, -0.2) is 22.8 Å². The molecule has 0 N–H and O–H groups in total. The van der Waals surface area contributed by atoms with Gasteiger partial charge in [0.05, 0.1) is 0 Å². The first-order chi connectivity index (χ1) is 7.79. The van der Waals surface area contributed by atoms with Gasteiger partial charge in [0, 0.05) is 24.5 Å². The van der Waals surface area contributed by atoms with E-state index in [1.54, 1.807) is 0 Å². The fourth-order valence-electron chi connectivity index (χ4n) is 2.05. The summed E-state index contributed by atoms with van der Waals surface area (Å²) in [6, 6.07) is 11.7. The van der Waals surface area contributed by atoms with Gasteiger partial charge in [0.2, 0.25) is 0 Å². The van der Waals surface area contributed by atoms with Gasteiger partial charge < -0.3 is 0 Å². The summed E-state index contributed by atoms with van der Waals surface area (Å²) in [6.07, 6.45) is 2.78. The lowest BCUT2D eigenvalue weighted by molar-refractivity contribution is 0.228. The molecule has 1 atom stereocenters. The Labute approximate surface area is 107 Å². The SMILES string of the molecule is CC(CBr)CN(Cc1ccccc1)C1CC1. The van der Waals surface area contributed by atoms with Gasteiger partial charge >= 0.3 is 0 Å². The maximum absolute atomic E-state index is 3.57. The standard InChI is InChI=1S/C14H20BrN/c1-12(9-15)10-16(14-7-8-14)11-13-5-3-2-4-6-13/h2-6,12,14H,7-11H2,1H3. The van der Waals surface area contributed by atoms with Crippen LogP contribution in [0.3, 0.4) is 0 Å². The first-order valence-corrected chi connectivity index (χ1v) is 7.25. The molecule has 16 heavy (non-hydrogen) atoms. The molecule has 2 rings (SSSR count). The highest BCUT2D eigenvalue weighted by atomic mass is 79.9. The molecule has 0 saturated heterocycles. The van der Waals surface area contributed by atoms with Gasteiger partial charge in [0.1, 0.15) is 0 Å². The van der Waals surface area contributed by atoms with E-state index < -0.39 is 0 Å². The molecule has 88 valence electrons. The Morgan fingerprint density at radius 2 is 2.00 bits per heavy atom. The van der Waals surface area contributed by atoms with Crippen LogP contribution in [0.4, 0.5) is 0 Å². The Morgan fingerprint density at radius 1 is 1.31 bits per heavy atom. The van der Waals surface area contributed by atoms with E-state index in [1.165, 1.54) is 24.9 Å². The minimum Gasteiger partial charge on any atom is -0.296 e. The van der Waals surface area contributed by atoms with Crippen molar-refractivity contribution < 1.29 is 0 Å². The van der Waals surface area contributed by atoms with Crippen molar-refractivity contribution in [2.45, 2.75) is 32.4 Å². The molecule has 2 heteroatoms. The van der Waals surface area contributed by atoms with Crippen molar-refractivity contribution in [2.24, 2.45) is 5.92 Å². The predicted octanol–water partition coefficient (Wildman–Crippen LogP) is 3.68. The molecule has 1 nitrogen and oxygen atoms in total. The van der Waals surface area contributed by atoms with E-state index in [9.17, 15) is 0 Å². The summed E-state index contributed by atoms with van der Waals surface area (Å²) >= 11 is 3.57. The van der Waals surface area contributed by atoms with Crippen LogP contribution in [0.2, 0.25) is 0 Å². The van der Waals surface area contributed by atoms with E-state index in [0.717, 1.165) is 23.8 Å². The van der Waals surface area contributed by atoms with E-state index >= 15 is 0 Å². The number of alkyl halides is 1. The number of hydrogen-bond acceptors (Lipinski definition) is 1. The van der Waals surface area contributed by atoms with E-state index in [-0.39, 0.29) is 0 Å². The third kappa shape index (κ3) is 3.60. The zero-order valence-corrected chi connectivity index (χ0v) is 11.5. The van der Waals surface area contributed by atoms with Crippen LogP contribution in [0.15, 0.2) is 30.3 Å². The second kappa shape index (κ2) is 5.83. The molecule has 0 bridgehead atoms. The van der Waals surface area contributed by atoms with Crippen LogP contribution < -0.4 is 0 Å². The molecular weight excluding hydrogens is 262 g/mol. The number of rotatable bonds is 6. The van der Waals surface area contributed by atoms with Gasteiger partial charge in [-0.1, -0.05) is 53.2 Å². The van der Waals surface area contributed by atoms with Crippen LogP contribution in [0.25, 0.3) is 0 Å². The van der Waals surface area contributed by atoms with E-state index in [4.69, 9.17) is 0 Å². The summed E-state index contributed by atoms with van der Waals surface area (Å²) in [5.41, 5.74) is 1.44. The van der Waals surface area contributed by atoms with E-state index in [0.29, 0.717) is 0 Å². The number of nitrogens with zero attached hydrogens (tertiary/aromatic N) is 1. The fourth-order valence-corrected chi connectivity index (χ4v) is 2.25. The molecule has 1 aromatic rings. The molecule has 1 unspecified atom stereocenters. The van der Waals surface area contributed by atoms with Crippen LogP contribution in [0.5, 0.6) is 0 Å². The molecule has 1 aliphatic carbocycles. The Hall–Kier alpha value is -0.340. The highest BCUT2D eigenvalue weighted by Crippen LogP contribution is 2.29. The summed E-state index contributed by atoms with van der Waals surface area (Å²) in [5.74, 6) is 0.740. The van der Waals surface area contributed by atoms with Gasteiger partial charge in [0.15, 0.2) is 0 Å². The largest absolute Gasteiger partial charge is 0.296 e. The Morgan fingerprint density at radius 3 is 2.56 bits per heavy atom. The van der Waals surface area contributed by atoms with E-state index in [2.05, 4.69) is 58.1 Å². The monoisotopic (exact) mass is 281 g/mol. The third-order valence-corrected chi connectivity index (χ3v) is 4.21. The first kappa shape index (κ1) is 12.1. The quantitative estimate of drug-likeness (QED) is 0.719. The number of hydrogen-bond donors (Lipinski definition) is 0. The van der Waals surface area contributed by atoms with Crippen LogP contribution in [0, 0.1) is 5.92 Å². The maximum atomic E-state index is 3.57. The fraction of sp³-hybridized carbons (Fsp3) is 0.571. The summed E-state index contributed by atoms with van der Waals surface area (Å²) < 4.78 is 0. The molecule has 1 saturated carbocycles. The number of halogens is 1. The molecule has 1 aromatic carbocycles. The summed E-state index contributed by atoms with van der Waals surface area (Å²) in [7, 11) is 0. The van der Waals surface area contributed by atoms with Crippen molar-refractivity contribution >= 4 is 15.9 Å². The van der Waals surface area contributed by atoms with Crippen molar-refractivity contribution in [3.8, 4) is 0 Å². The van der Waals surface area contributed by atoms with Crippen molar-refractivity contribution in [3.05, 3.63) is 35.9 Å². The zero-order chi connectivity index (χ0) is 11.4. The van der Waals surface area contributed by atoms with Gasteiger partial charge in [-0.25, -0.2) is 0 Å². The van der Waals surface area contributed by atoms with Crippen molar-refractivity contribution in [2.75, 3.05) is 11.9 Å². The van der Waals surface area contributed by atoms with Crippen LogP contribution >= 0.6 is 15.9 Å². The normalized spacial score (nSPS) is 17.7. The molecule has 0 heterocycles. The second-order valence-electron chi connectivity index (χ2n) is 4.91. The van der Waals surface area contributed by atoms with E-state index in [1.807, 2.05) is 0 Å². The Balaban J connectivity index is 1.92. The molecule has 1 aliphatic rings. The molecule has 0 aliphatic heterocycles. The lowest BCUT2D eigenvalue weighted by atomic mass is 10.1. The van der Waals surface area contributed by atoms with Gasteiger partial charge in [-0.15, -0.1) is 0 Å². The van der Waals surface area contributed by atoms with Crippen molar-refractivity contribution in [1.82, 2.24) is 4.90 Å². The average Bonchev–Trinajstić information content (AvgIpc) is 3.13. The summed E-state index contributed by atoms with van der Waals surface area (Å²) in [4.78, 5) is 2.64. The number of benzene rings is 1. The first-order valence-electron chi connectivity index (χ1n) is 6.13. The molecule has 0 aromatic heterocycles. The minimum atomic E-state index is 0.740. The Kier molecular flexibility index (Phi) is 4.42. The molecular formula is C14H20BrN. The van der Waals surface area contributed by atoms with Crippen LogP contribution in [-0.2, 0) is 6.54 Å². The van der Waals surface area contributed by atoms with Crippen molar-refractivity contribution in [3.63, 3.8) is 0 Å². The maximum Gasteiger partial charge on any atom is 0.0236 e. The third-order valence-electron chi connectivity index (χ3n) is 3.10. The molecule has 0 spiro atoms. The predicted molar refractivity (Wildman–Crippen MR) is 72.8 cm³/mol. The Bertz CT molecular complexity index is 308. The topological polar surface area (TPSA) is 3.24 Å². The minimum absolute atomic E-state index is 0.740. The lowest BCUT2D eigenvalue weighted by Crippen LogP contribution is -2.30.